The summed E-state index contributed by atoms with van der Waals surface area (Å²) in [6.45, 7) is 7.36. The molecule has 4 N–H and O–H groups in total. The highest BCUT2D eigenvalue weighted by Gasteiger charge is 2.23. The van der Waals surface area contributed by atoms with Crippen molar-refractivity contribution < 1.29 is 9.59 Å². The van der Waals surface area contributed by atoms with Gasteiger partial charge >= 0.3 is 0 Å². The van der Waals surface area contributed by atoms with Crippen LogP contribution >= 0.6 is 15.9 Å². The zero-order valence-electron chi connectivity index (χ0n) is 19.0. The number of carbonyl (C=O) groups is 2. The molecule has 0 aliphatic heterocycles. The van der Waals surface area contributed by atoms with Crippen LogP contribution in [0.2, 0.25) is 0 Å². The van der Waals surface area contributed by atoms with E-state index < -0.39 is 0 Å². The van der Waals surface area contributed by atoms with Gasteiger partial charge in [-0.25, -0.2) is 0 Å². The number of aryl methyl sites for hydroxylation is 2. The molecule has 1 saturated carbocycles. The highest BCUT2D eigenvalue weighted by Crippen LogP contribution is 2.29. The van der Waals surface area contributed by atoms with Gasteiger partial charge in [0.25, 0.3) is 11.5 Å². The number of carbonyl (C=O) groups excluding carboxylic acids is 2. The molecule has 32 heavy (non-hydrogen) atoms. The molecule has 1 heterocycles. The number of rotatable bonds is 6. The van der Waals surface area contributed by atoms with E-state index in [1.54, 1.807) is 13.0 Å². The van der Waals surface area contributed by atoms with E-state index in [9.17, 15) is 14.4 Å². The summed E-state index contributed by atoms with van der Waals surface area (Å²) in [6, 6.07) is 6.22. The molecule has 0 atom stereocenters. The number of amides is 2. The molecule has 1 aliphatic rings. The van der Waals surface area contributed by atoms with E-state index in [0.717, 1.165) is 52.7 Å². The topological polar surface area (TPSA) is 103 Å². The van der Waals surface area contributed by atoms with Gasteiger partial charge in [0.05, 0.1) is 0 Å². The number of hydrogen-bond acceptors (Lipinski definition) is 4. The molecule has 1 fully saturated rings. The quantitative estimate of drug-likeness (QED) is 0.481. The lowest BCUT2D eigenvalue weighted by Crippen LogP contribution is -2.39. The number of pyridine rings is 1. The van der Waals surface area contributed by atoms with E-state index >= 15 is 0 Å². The summed E-state index contributed by atoms with van der Waals surface area (Å²) in [6.07, 6.45) is 3.77. The molecule has 0 bridgehead atoms. The van der Waals surface area contributed by atoms with Crippen LogP contribution in [-0.2, 0) is 11.3 Å². The van der Waals surface area contributed by atoms with Crippen LogP contribution in [0.3, 0.4) is 0 Å². The van der Waals surface area contributed by atoms with Crippen molar-refractivity contribution >= 4 is 33.4 Å². The zero-order valence-corrected chi connectivity index (χ0v) is 20.6. The van der Waals surface area contributed by atoms with Crippen LogP contribution in [0.15, 0.2) is 27.5 Å². The minimum absolute atomic E-state index is 0.0164. The predicted octanol–water partition coefficient (Wildman–Crippen LogP) is 3.85. The van der Waals surface area contributed by atoms with Crippen LogP contribution in [-0.4, -0.2) is 28.9 Å². The molecule has 1 aromatic heterocycles. The average molecular weight is 503 g/mol. The number of hydrogen-bond donors (Lipinski definition) is 4. The summed E-state index contributed by atoms with van der Waals surface area (Å²) in [5, 5.41) is 9.47. The number of nitrogens with one attached hydrogen (secondary N) is 4. The average Bonchev–Trinajstić information content (AvgIpc) is 2.70. The molecule has 2 aromatic rings. The van der Waals surface area contributed by atoms with Crippen molar-refractivity contribution in [2.45, 2.75) is 72.0 Å². The molecule has 7 nitrogen and oxygen atoms in total. The maximum absolute atomic E-state index is 13.0. The van der Waals surface area contributed by atoms with E-state index in [4.69, 9.17) is 0 Å². The molecular formula is C24H31BrN4O3. The van der Waals surface area contributed by atoms with Gasteiger partial charge in [0.15, 0.2) is 0 Å². The van der Waals surface area contributed by atoms with E-state index in [0.29, 0.717) is 11.1 Å². The predicted molar refractivity (Wildman–Crippen MR) is 130 cm³/mol. The van der Waals surface area contributed by atoms with Crippen LogP contribution in [0.1, 0.15) is 65.3 Å². The number of anilines is 1. The van der Waals surface area contributed by atoms with Gasteiger partial charge in [0.1, 0.15) is 0 Å². The van der Waals surface area contributed by atoms with Crippen molar-refractivity contribution in [2.24, 2.45) is 0 Å². The summed E-state index contributed by atoms with van der Waals surface area (Å²) >= 11 is 3.52. The Kier molecular flexibility index (Phi) is 7.77. The summed E-state index contributed by atoms with van der Waals surface area (Å²) in [5.74, 6) is -0.205. The second kappa shape index (κ2) is 10.3. The van der Waals surface area contributed by atoms with Gasteiger partial charge in [-0.15, -0.1) is 0 Å². The maximum atomic E-state index is 13.0. The smallest absolute Gasteiger partial charge is 0.253 e. The van der Waals surface area contributed by atoms with Crippen molar-refractivity contribution in [1.82, 2.24) is 15.6 Å². The molecule has 1 aromatic carbocycles. The van der Waals surface area contributed by atoms with E-state index in [-0.39, 0.29) is 36.0 Å². The fourth-order valence-electron chi connectivity index (χ4n) is 4.32. The second-order valence-electron chi connectivity index (χ2n) is 8.65. The van der Waals surface area contributed by atoms with Crippen molar-refractivity contribution in [3.05, 3.63) is 61.0 Å². The van der Waals surface area contributed by atoms with Crippen LogP contribution in [0.4, 0.5) is 5.69 Å². The van der Waals surface area contributed by atoms with E-state index in [1.807, 2.05) is 32.9 Å². The van der Waals surface area contributed by atoms with Gasteiger partial charge in [-0.2, -0.15) is 0 Å². The van der Waals surface area contributed by atoms with Crippen LogP contribution in [0, 0.1) is 20.8 Å². The van der Waals surface area contributed by atoms with Gasteiger partial charge in [0.2, 0.25) is 5.91 Å². The SMILES string of the molecule is CC(=O)NC1CCC(Nc2cc(Br)cc(C(=O)NCc3c(C)cc(C)[nH]c3=O)c2C)CC1. The maximum Gasteiger partial charge on any atom is 0.253 e. The standard InChI is InChI=1S/C24H31BrN4O3/c1-13-9-14(2)27-24(32)21(13)12-26-23(31)20-10-17(25)11-22(15(20)3)29-19-7-5-18(6-8-19)28-16(4)30/h9-11,18-19,29H,5-8,12H2,1-4H3,(H,26,31)(H,27,32)(H,28,30). The first kappa shape index (κ1) is 24.0. The lowest BCUT2D eigenvalue weighted by Gasteiger charge is -2.30. The Hall–Kier alpha value is -2.61. The van der Waals surface area contributed by atoms with Gasteiger partial charge in [-0.1, -0.05) is 15.9 Å². The molecule has 3 rings (SSSR count). The first-order valence-corrected chi connectivity index (χ1v) is 11.7. The normalized spacial score (nSPS) is 18.2. The van der Waals surface area contributed by atoms with Gasteiger partial charge in [-0.3, -0.25) is 14.4 Å². The Bertz CT molecular complexity index is 1070. The van der Waals surface area contributed by atoms with Crippen molar-refractivity contribution in [2.75, 3.05) is 5.32 Å². The highest BCUT2D eigenvalue weighted by molar-refractivity contribution is 9.10. The lowest BCUT2D eigenvalue weighted by molar-refractivity contribution is -0.119. The van der Waals surface area contributed by atoms with Crippen LogP contribution < -0.4 is 21.5 Å². The van der Waals surface area contributed by atoms with Crippen molar-refractivity contribution in [1.29, 1.82) is 0 Å². The third-order valence-electron chi connectivity index (χ3n) is 6.03. The summed E-state index contributed by atoms with van der Waals surface area (Å²) in [5.41, 5.74) is 4.38. The number of H-pyrrole nitrogens is 1. The Labute approximate surface area is 196 Å². The number of benzene rings is 1. The van der Waals surface area contributed by atoms with Gasteiger partial charge in [0, 0.05) is 52.5 Å². The molecule has 0 spiro atoms. The fraction of sp³-hybridized carbons (Fsp3) is 0.458. The summed E-state index contributed by atoms with van der Waals surface area (Å²) in [7, 11) is 0. The molecular weight excluding hydrogens is 472 g/mol. The zero-order chi connectivity index (χ0) is 23.4. The fourth-order valence-corrected chi connectivity index (χ4v) is 4.78. The number of aromatic nitrogens is 1. The van der Waals surface area contributed by atoms with Gasteiger partial charge in [-0.05, 0) is 75.8 Å². The van der Waals surface area contributed by atoms with Crippen molar-refractivity contribution in [3.63, 3.8) is 0 Å². The molecule has 8 heteroatoms. The highest BCUT2D eigenvalue weighted by atomic mass is 79.9. The Balaban J connectivity index is 1.69. The molecule has 2 amide bonds. The van der Waals surface area contributed by atoms with E-state index in [2.05, 4.69) is 36.9 Å². The molecule has 0 saturated heterocycles. The minimum atomic E-state index is -0.222. The Morgan fingerprint density at radius 3 is 2.34 bits per heavy atom. The second-order valence-corrected chi connectivity index (χ2v) is 9.56. The third kappa shape index (κ3) is 6.00. The first-order valence-electron chi connectivity index (χ1n) is 11.0. The number of aromatic amines is 1. The Morgan fingerprint density at radius 2 is 1.72 bits per heavy atom. The Morgan fingerprint density at radius 1 is 1.06 bits per heavy atom. The summed E-state index contributed by atoms with van der Waals surface area (Å²) < 4.78 is 0.812. The molecule has 0 unspecified atom stereocenters. The first-order chi connectivity index (χ1) is 15.1. The monoisotopic (exact) mass is 502 g/mol. The summed E-state index contributed by atoms with van der Waals surface area (Å²) in [4.78, 5) is 39.3. The third-order valence-corrected chi connectivity index (χ3v) is 6.49. The molecule has 1 aliphatic carbocycles. The minimum Gasteiger partial charge on any atom is -0.382 e. The largest absolute Gasteiger partial charge is 0.382 e. The van der Waals surface area contributed by atoms with Crippen molar-refractivity contribution in [3.8, 4) is 0 Å². The van der Waals surface area contributed by atoms with Gasteiger partial charge < -0.3 is 20.9 Å². The van der Waals surface area contributed by atoms with Crippen LogP contribution in [0.5, 0.6) is 0 Å². The lowest BCUT2D eigenvalue weighted by atomic mass is 9.90. The number of halogens is 1. The van der Waals surface area contributed by atoms with E-state index in [1.165, 1.54) is 0 Å². The molecule has 172 valence electrons. The molecule has 0 radical (unpaired) electrons. The van der Waals surface area contributed by atoms with Crippen LogP contribution in [0.25, 0.3) is 0 Å².